The number of hydrogen-bond acceptors (Lipinski definition) is 4. The van der Waals surface area contributed by atoms with Gasteiger partial charge in [0.2, 0.25) is 5.91 Å². The molecule has 0 radical (unpaired) electrons. The molecule has 2 aromatic rings. The van der Waals surface area contributed by atoms with Gasteiger partial charge in [0.1, 0.15) is 5.75 Å². The van der Waals surface area contributed by atoms with E-state index < -0.39 is 4.92 Å². The molecule has 0 fully saturated rings. The van der Waals surface area contributed by atoms with Gasteiger partial charge in [-0.15, -0.1) is 0 Å². The number of non-ortho nitro benzene ring substituents is 1. The fourth-order valence-corrected chi connectivity index (χ4v) is 2.94. The van der Waals surface area contributed by atoms with Crippen molar-refractivity contribution < 1.29 is 14.5 Å². The van der Waals surface area contributed by atoms with E-state index in [0.717, 1.165) is 22.6 Å². The smallest absolute Gasteiger partial charge is 0.269 e. The van der Waals surface area contributed by atoms with Crippen LogP contribution in [-0.2, 0) is 17.6 Å². The monoisotopic (exact) mass is 326 g/mol. The Morgan fingerprint density at radius 1 is 1.25 bits per heavy atom. The lowest BCUT2D eigenvalue weighted by atomic mass is 10.1. The fourth-order valence-electron chi connectivity index (χ4n) is 2.94. The first-order chi connectivity index (χ1) is 11.6. The highest BCUT2D eigenvalue weighted by Gasteiger charge is 2.26. The Hall–Kier alpha value is -2.89. The molecule has 6 nitrogen and oxygen atoms in total. The van der Waals surface area contributed by atoms with Crippen molar-refractivity contribution in [3.8, 4) is 5.75 Å². The van der Waals surface area contributed by atoms with Crippen molar-refractivity contribution in [2.45, 2.75) is 19.3 Å². The molecule has 0 atom stereocenters. The van der Waals surface area contributed by atoms with Crippen molar-refractivity contribution in [3.05, 3.63) is 63.7 Å². The largest absolute Gasteiger partial charge is 0.497 e. The van der Waals surface area contributed by atoms with Crippen molar-refractivity contribution in [1.29, 1.82) is 0 Å². The maximum atomic E-state index is 12.5. The molecule has 0 bridgehead atoms. The van der Waals surface area contributed by atoms with E-state index in [4.69, 9.17) is 4.74 Å². The second-order valence-electron chi connectivity index (χ2n) is 5.71. The number of methoxy groups -OCH3 is 1. The van der Waals surface area contributed by atoms with Crippen LogP contribution in [0, 0.1) is 10.1 Å². The highest BCUT2D eigenvalue weighted by Crippen LogP contribution is 2.31. The Balaban J connectivity index is 1.65. The lowest BCUT2D eigenvalue weighted by molar-refractivity contribution is -0.384. The molecule has 24 heavy (non-hydrogen) atoms. The zero-order chi connectivity index (χ0) is 17.1. The minimum Gasteiger partial charge on any atom is -0.497 e. The zero-order valence-electron chi connectivity index (χ0n) is 13.4. The van der Waals surface area contributed by atoms with Gasteiger partial charge in [0.05, 0.1) is 12.0 Å². The van der Waals surface area contributed by atoms with E-state index in [0.29, 0.717) is 25.8 Å². The first-order valence-corrected chi connectivity index (χ1v) is 7.79. The molecule has 1 amide bonds. The minimum atomic E-state index is -0.408. The number of anilines is 1. The second kappa shape index (κ2) is 6.70. The molecule has 3 rings (SSSR count). The van der Waals surface area contributed by atoms with Gasteiger partial charge in [0, 0.05) is 30.8 Å². The van der Waals surface area contributed by atoms with Gasteiger partial charge in [-0.2, -0.15) is 0 Å². The number of benzene rings is 2. The van der Waals surface area contributed by atoms with Crippen LogP contribution in [0.5, 0.6) is 5.75 Å². The Kier molecular flexibility index (Phi) is 4.46. The third-order valence-electron chi connectivity index (χ3n) is 4.26. The summed E-state index contributed by atoms with van der Waals surface area (Å²) in [6.45, 7) is 0.581. The summed E-state index contributed by atoms with van der Waals surface area (Å²) in [7, 11) is 1.62. The molecule has 0 saturated heterocycles. The van der Waals surface area contributed by atoms with Gasteiger partial charge < -0.3 is 9.64 Å². The Labute approximate surface area is 139 Å². The summed E-state index contributed by atoms with van der Waals surface area (Å²) in [5.41, 5.74) is 2.80. The van der Waals surface area contributed by atoms with E-state index in [9.17, 15) is 14.9 Å². The van der Waals surface area contributed by atoms with Crippen LogP contribution in [0.2, 0.25) is 0 Å². The number of carbonyl (C=O) groups is 1. The molecule has 1 aliphatic rings. The van der Waals surface area contributed by atoms with Gasteiger partial charge in [0.15, 0.2) is 0 Å². The number of ether oxygens (including phenoxy) is 1. The van der Waals surface area contributed by atoms with Crippen LogP contribution in [-0.4, -0.2) is 24.5 Å². The van der Waals surface area contributed by atoms with Crippen LogP contribution < -0.4 is 9.64 Å². The van der Waals surface area contributed by atoms with E-state index in [1.165, 1.54) is 6.07 Å². The molecule has 0 spiro atoms. The van der Waals surface area contributed by atoms with Crippen molar-refractivity contribution in [2.24, 2.45) is 0 Å². The number of fused-ring (bicyclic) bond motifs is 1. The normalized spacial score (nSPS) is 12.8. The van der Waals surface area contributed by atoms with Gasteiger partial charge in [-0.25, -0.2) is 0 Å². The number of rotatable bonds is 5. The molecule has 124 valence electrons. The maximum absolute atomic E-state index is 12.5. The third-order valence-corrected chi connectivity index (χ3v) is 4.26. The first kappa shape index (κ1) is 16.0. The van der Waals surface area contributed by atoms with Crippen LogP contribution in [0.25, 0.3) is 0 Å². The summed E-state index contributed by atoms with van der Waals surface area (Å²) in [5.74, 6) is 0.832. The van der Waals surface area contributed by atoms with E-state index in [1.54, 1.807) is 24.1 Å². The number of hydrogen-bond donors (Lipinski definition) is 0. The van der Waals surface area contributed by atoms with E-state index >= 15 is 0 Å². The Morgan fingerprint density at radius 2 is 2.00 bits per heavy atom. The van der Waals surface area contributed by atoms with Crippen LogP contribution in [0.1, 0.15) is 17.5 Å². The summed E-state index contributed by atoms with van der Waals surface area (Å²) in [6.07, 6.45) is 1.72. The highest BCUT2D eigenvalue weighted by atomic mass is 16.6. The van der Waals surface area contributed by atoms with E-state index in [2.05, 4.69) is 0 Å². The predicted octanol–water partition coefficient (Wildman–Crippen LogP) is 3.13. The molecule has 0 N–H and O–H groups in total. The Bertz CT molecular complexity index is 771. The van der Waals surface area contributed by atoms with Crippen molar-refractivity contribution >= 4 is 17.3 Å². The third kappa shape index (κ3) is 3.22. The number of nitro groups is 1. The highest BCUT2D eigenvalue weighted by molar-refractivity contribution is 5.95. The molecule has 2 aromatic carbocycles. The molecule has 0 aromatic heterocycles. The summed E-state index contributed by atoms with van der Waals surface area (Å²) in [5, 5.41) is 10.8. The van der Waals surface area contributed by atoms with E-state index in [-0.39, 0.29) is 11.6 Å². The SMILES string of the molecule is COc1ccc(CCC(=O)N2CCc3cc([N+](=O)[O-])ccc32)cc1. The van der Waals surface area contributed by atoms with Crippen LogP contribution in [0.3, 0.4) is 0 Å². The number of amides is 1. The van der Waals surface area contributed by atoms with Crippen LogP contribution >= 0.6 is 0 Å². The predicted molar refractivity (Wildman–Crippen MR) is 90.5 cm³/mol. The summed E-state index contributed by atoms with van der Waals surface area (Å²) in [4.78, 5) is 24.6. The molecule has 0 saturated carbocycles. The van der Waals surface area contributed by atoms with Gasteiger partial charge in [-0.3, -0.25) is 14.9 Å². The topological polar surface area (TPSA) is 72.7 Å². The van der Waals surface area contributed by atoms with Crippen LogP contribution in [0.15, 0.2) is 42.5 Å². The number of nitrogens with zero attached hydrogens (tertiary/aromatic N) is 2. The number of nitro benzene ring substituents is 1. The first-order valence-electron chi connectivity index (χ1n) is 7.79. The van der Waals surface area contributed by atoms with Gasteiger partial charge in [-0.1, -0.05) is 12.1 Å². The molecule has 6 heteroatoms. The van der Waals surface area contributed by atoms with Crippen molar-refractivity contribution in [1.82, 2.24) is 0 Å². The fraction of sp³-hybridized carbons (Fsp3) is 0.278. The van der Waals surface area contributed by atoms with E-state index in [1.807, 2.05) is 24.3 Å². The van der Waals surface area contributed by atoms with Crippen LogP contribution in [0.4, 0.5) is 11.4 Å². The standard InChI is InChI=1S/C18H18N2O4/c1-24-16-6-2-13(3-7-16)4-9-18(21)19-11-10-14-12-15(20(22)23)5-8-17(14)19/h2-3,5-8,12H,4,9-11H2,1H3. The summed E-state index contributed by atoms with van der Waals surface area (Å²) >= 11 is 0. The molecular weight excluding hydrogens is 308 g/mol. The van der Waals surface area contributed by atoms with Gasteiger partial charge in [-0.05, 0) is 42.2 Å². The van der Waals surface area contributed by atoms with Gasteiger partial charge in [0.25, 0.3) is 5.69 Å². The lowest BCUT2D eigenvalue weighted by Crippen LogP contribution is -2.29. The molecule has 0 unspecified atom stereocenters. The van der Waals surface area contributed by atoms with Crippen molar-refractivity contribution in [3.63, 3.8) is 0 Å². The molecular formula is C18H18N2O4. The van der Waals surface area contributed by atoms with Gasteiger partial charge >= 0.3 is 0 Å². The number of aryl methyl sites for hydroxylation is 1. The molecule has 1 heterocycles. The summed E-state index contributed by atoms with van der Waals surface area (Å²) < 4.78 is 5.12. The van der Waals surface area contributed by atoms with Crippen molar-refractivity contribution in [2.75, 3.05) is 18.6 Å². The number of carbonyl (C=O) groups excluding carboxylic acids is 1. The average molecular weight is 326 g/mol. The quantitative estimate of drug-likeness (QED) is 0.625. The average Bonchev–Trinajstić information content (AvgIpc) is 3.03. The molecule has 0 aliphatic carbocycles. The zero-order valence-corrected chi connectivity index (χ0v) is 13.4. The molecule has 1 aliphatic heterocycles. The summed E-state index contributed by atoms with van der Waals surface area (Å²) in [6, 6.07) is 12.3. The maximum Gasteiger partial charge on any atom is 0.269 e. The Morgan fingerprint density at radius 3 is 2.67 bits per heavy atom. The second-order valence-corrected chi connectivity index (χ2v) is 5.71. The minimum absolute atomic E-state index is 0.0402. The lowest BCUT2D eigenvalue weighted by Gasteiger charge is -2.17.